The number of ether oxygens (including phenoxy) is 1. The van der Waals surface area contributed by atoms with E-state index < -0.39 is 33.7 Å². The molecule has 2 aliphatic rings. The van der Waals surface area contributed by atoms with Crippen molar-refractivity contribution in [1.29, 1.82) is 0 Å². The first kappa shape index (κ1) is 17.6. The molecule has 0 amide bonds. The van der Waals surface area contributed by atoms with E-state index in [4.69, 9.17) is 9.26 Å². The Balaban J connectivity index is 1.50. The molecular weight excluding hydrogens is 353 g/mol. The molecule has 8 nitrogen and oxygen atoms in total. The van der Waals surface area contributed by atoms with Gasteiger partial charge in [0.15, 0.2) is 5.82 Å². The molecule has 3 heterocycles. The number of hydrogen-bond donors (Lipinski definition) is 0. The monoisotopic (exact) mass is 370 g/mol. The highest BCUT2D eigenvalue weighted by Crippen LogP contribution is 2.23. The Bertz CT molecular complexity index is 666. The van der Waals surface area contributed by atoms with Crippen LogP contribution in [0.4, 0.5) is 13.2 Å². The lowest BCUT2D eigenvalue weighted by Crippen LogP contribution is -2.59. The highest BCUT2D eigenvalue weighted by molar-refractivity contribution is 7.89. The molecule has 2 aliphatic heterocycles. The molecule has 0 N–H and O–H groups in total. The molecule has 3 rings (SSSR count). The molecule has 1 aromatic heterocycles. The van der Waals surface area contributed by atoms with Crippen molar-refractivity contribution in [2.75, 3.05) is 39.4 Å². The lowest BCUT2D eigenvalue weighted by Gasteiger charge is -2.40. The molecule has 2 saturated heterocycles. The van der Waals surface area contributed by atoms with E-state index in [1.54, 1.807) is 4.90 Å². The number of halogens is 3. The van der Waals surface area contributed by atoms with Crippen LogP contribution in [0.2, 0.25) is 0 Å². The summed E-state index contributed by atoms with van der Waals surface area (Å²) in [6, 6.07) is 0. The summed E-state index contributed by atoms with van der Waals surface area (Å²) in [6.07, 6.45) is -5.64. The minimum absolute atomic E-state index is 0.0523. The first-order valence-corrected chi connectivity index (χ1v) is 8.91. The topological polar surface area (TPSA) is 88.8 Å². The third kappa shape index (κ3) is 4.05. The first-order chi connectivity index (χ1) is 11.2. The largest absolute Gasteiger partial charge is 0.396 e. The second-order valence-electron chi connectivity index (χ2n) is 5.77. The highest BCUT2D eigenvalue weighted by atomic mass is 32.2. The van der Waals surface area contributed by atoms with Gasteiger partial charge in [-0.1, -0.05) is 5.16 Å². The highest BCUT2D eigenvalue weighted by Gasteiger charge is 2.41. The lowest BCUT2D eigenvalue weighted by molar-refractivity contribution is -0.128. The summed E-state index contributed by atoms with van der Waals surface area (Å²) in [5.74, 6) is -0.369. The van der Waals surface area contributed by atoms with Crippen LogP contribution in [0, 0.1) is 0 Å². The summed E-state index contributed by atoms with van der Waals surface area (Å²) in [6.45, 7) is 2.19. The number of hydrogen-bond acceptors (Lipinski definition) is 7. The van der Waals surface area contributed by atoms with E-state index in [2.05, 4.69) is 10.1 Å². The summed E-state index contributed by atoms with van der Waals surface area (Å²) in [5, 5.41) is 2.76. The molecule has 0 atom stereocenters. The fourth-order valence-corrected chi connectivity index (χ4v) is 4.53. The van der Waals surface area contributed by atoms with Gasteiger partial charge >= 0.3 is 6.18 Å². The van der Waals surface area contributed by atoms with Gasteiger partial charge in [-0.15, -0.1) is 0 Å². The maximum absolute atomic E-state index is 12.4. The smallest absolute Gasteiger partial charge is 0.379 e. The van der Waals surface area contributed by atoms with Crippen molar-refractivity contribution in [3.63, 3.8) is 0 Å². The maximum Gasteiger partial charge on any atom is 0.396 e. The number of morpholine rings is 1. The van der Waals surface area contributed by atoms with Gasteiger partial charge in [-0.2, -0.15) is 22.5 Å². The van der Waals surface area contributed by atoms with Crippen LogP contribution < -0.4 is 0 Å². The van der Waals surface area contributed by atoms with Gasteiger partial charge in [-0.25, -0.2) is 8.42 Å². The third-order valence-corrected chi connectivity index (χ3v) is 6.13. The summed E-state index contributed by atoms with van der Waals surface area (Å²) in [7, 11) is -3.37. The Morgan fingerprint density at radius 2 is 1.88 bits per heavy atom. The molecule has 136 valence electrons. The van der Waals surface area contributed by atoms with E-state index in [1.807, 2.05) is 0 Å². The van der Waals surface area contributed by atoms with Gasteiger partial charge in [-0.05, 0) is 0 Å². The molecular formula is C12H17F3N4O4S. The Labute approximate surface area is 136 Å². The number of rotatable bonds is 5. The number of alkyl halides is 3. The first-order valence-electron chi connectivity index (χ1n) is 7.41. The molecule has 0 radical (unpaired) electrons. The zero-order valence-corrected chi connectivity index (χ0v) is 13.5. The van der Waals surface area contributed by atoms with Crippen LogP contribution >= 0.6 is 0 Å². The van der Waals surface area contributed by atoms with Crippen molar-refractivity contribution in [2.45, 2.75) is 24.4 Å². The molecule has 1 aromatic rings. The van der Waals surface area contributed by atoms with Gasteiger partial charge in [0, 0.05) is 26.2 Å². The number of aromatic nitrogens is 2. The van der Waals surface area contributed by atoms with Crippen LogP contribution in [-0.2, 0) is 27.7 Å². The number of nitrogens with zero attached hydrogens (tertiary/aromatic N) is 4. The van der Waals surface area contributed by atoms with E-state index >= 15 is 0 Å². The van der Waals surface area contributed by atoms with E-state index in [-0.39, 0.29) is 25.5 Å². The SMILES string of the molecule is O=S(=O)(C1CN(Cc2nc(CC(F)(F)F)no2)C1)N1CCOCC1. The van der Waals surface area contributed by atoms with Crippen molar-refractivity contribution < 1.29 is 30.8 Å². The molecule has 0 aromatic carbocycles. The minimum atomic E-state index is -4.39. The standard InChI is InChI=1S/C12H17F3N4O4S/c13-12(14,15)5-10-16-11(23-17-10)8-18-6-9(7-18)24(20,21)19-1-3-22-4-2-19/h9H,1-8H2. The van der Waals surface area contributed by atoms with E-state index in [0.717, 1.165) is 0 Å². The minimum Gasteiger partial charge on any atom is -0.379 e. The fraction of sp³-hybridized carbons (Fsp3) is 0.833. The predicted octanol–water partition coefficient (Wildman–Crippen LogP) is 0.0206. The van der Waals surface area contributed by atoms with Crippen LogP contribution in [-0.4, -0.2) is 78.6 Å². The zero-order chi connectivity index (χ0) is 17.4. The van der Waals surface area contributed by atoms with Crippen LogP contribution in [0.15, 0.2) is 4.52 Å². The van der Waals surface area contributed by atoms with Crippen molar-refractivity contribution in [3.05, 3.63) is 11.7 Å². The normalized spacial score (nSPS) is 21.8. The molecule has 0 saturated carbocycles. The molecule has 24 heavy (non-hydrogen) atoms. The fourth-order valence-electron chi connectivity index (χ4n) is 2.65. The van der Waals surface area contributed by atoms with Gasteiger partial charge < -0.3 is 9.26 Å². The Kier molecular flexibility index (Phi) is 4.82. The molecule has 0 unspecified atom stereocenters. The Morgan fingerprint density at radius 3 is 2.50 bits per heavy atom. The zero-order valence-electron chi connectivity index (χ0n) is 12.7. The van der Waals surface area contributed by atoms with Gasteiger partial charge in [-0.3, -0.25) is 4.90 Å². The number of likely N-dealkylation sites (tertiary alicyclic amines) is 1. The van der Waals surface area contributed by atoms with E-state index in [0.29, 0.717) is 26.3 Å². The third-order valence-electron chi connectivity index (χ3n) is 3.90. The maximum atomic E-state index is 12.4. The summed E-state index contributed by atoms with van der Waals surface area (Å²) in [5.41, 5.74) is 0. The van der Waals surface area contributed by atoms with Crippen molar-refractivity contribution in [2.24, 2.45) is 0 Å². The quantitative estimate of drug-likeness (QED) is 0.722. The van der Waals surface area contributed by atoms with Crippen molar-refractivity contribution in [3.8, 4) is 0 Å². The molecule has 0 aliphatic carbocycles. The van der Waals surface area contributed by atoms with Crippen LogP contribution in [0.1, 0.15) is 11.7 Å². The van der Waals surface area contributed by atoms with Gasteiger partial charge in [0.25, 0.3) is 0 Å². The Morgan fingerprint density at radius 1 is 1.21 bits per heavy atom. The van der Waals surface area contributed by atoms with Gasteiger partial charge in [0.05, 0.1) is 19.8 Å². The van der Waals surface area contributed by atoms with Crippen molar-refractivity contribution >= 4 is 10.0 Å². The van der Waals surface area contributed by atoms with Crippen molar-refractivity contribution in [1.82, 2.24) is 19.3 Å². The predicted molar refractivity (Wildman–Crippen MR) is 74.4 cm³/mol. The molecule has 12 heteroatoms. The average molecular weight is 370 g/mol. The lowest BCUT2D eigenvalue weighted by atomic mass is 10.2. The summed E-state index contributed by atoms with van der Waals surface area (Å²) < 4.78 is 72.8. The van der Waals surface area contributed by atoms with Gasteiger partial charge in [0.1, 0.15) is 11.7 Å². The van der Waals surface area contributed by atoms with E-state index in [1.165, 1.54) is 4.31 Å². The average Bonchev–Trinajstić information content (AvgIpc) is 2.88. The van der Waals surface area contributed by atoms with Crippen LogP contribution in [0.3, 0.4) is 0 Å². The van der Waals surface area contributed by atoms with Gasteiger partial charge in [0.2, 0.25) is 15.9 Å². The second-order valence-corrected chi connectivity index (χ2v) is 7.98. The Hall–Kier alpha value is -1.24. The molecule has 0 spiro atoms. The second kappa shape index (κ2) is 6.58. The van der Waals surface area contributed by atoms with Crippen LogP contribution in [0.25, 0.3) is 0 Å². The van der Waals surface area contributed by atoms with Crippen LogP contribution in [0.5, 0.6) is 0 Å². The molecule has 2 fully saturated rings. The molecule has 0 bridgehead atoms. The number of sulfonamides is 1. The van der Waals surface area contributed by atoms with E-state index in [9.17, 15) is 21.6 Å². The summed E-state index contributed by atoms with van der Waals surface area (Å²) >= 11 is 0. The summed E-state index contributed by atoms with van der Waals surface area (Å²) in [4.78, 5) is 5.42.